The predicted molar refractivity (Wildman–Crippen MR) is 136 cm³/mol. The number of rotatable bonds is 10. The van der Waals surface area contributed by atoms with Gasteiger partial charge in [0.05, 0.1) is 5.41 Å². The van der Waals surface area contributed by atoms with Crippen LogP contribution in [0.15, 0.2) is 35.9 Å². The van der Waals surface area contributed by atoms with Crippen LogP contribution in [0, 0.1) is 11.3 Å². The molecule has 4 atom stereocenters. The van der Waals surface area contributed by atoms with Crippen molar-refractivity contribution in [2.75, 3.05) is 13.6 Å². The number of phenolic OH excluding ortho intramolecular Hbond substituents is 1. The highest BCUT2D eigenvalue weighted by molar-refractivity contribution is 5.79. The molecule has 182 valence electrons. The number of ether oxygens (including phenoxy) is 1. The Balaban J connectivity index is 1.98. The van der Waals surface area contributed by atoms with Gasteiger partial charge in [-0.15, -0.1) is 0 Å². The number of aryl methyl sites for hydroxylation is 1. The molecule has 1 saturated heterocycles. The molecule has 0 radical (unpaired) electrons. The van der Waals surface area contributed by atoms with Gasteiger partial charge >= 0.3 is 5.97 Å². The predicted octanol–water partition coefficient (Wildman–Crippen LogP) is 6.78. The van der Waals surface area contributed by atoms with E-state index in [1.165, 1.54) is 5.57 Å². The number of phenols is 1. The summed E-state index contributed by atoms with van der Waals surface area (Å²) < 4.78 is 6.14. The maximum absolute atomic E-state index is 13.3. The summed E-state index contributed by atoms with van der Waals surface area (Å²) in [4.78, 5) is 15.6. The average Bonchev–Trinajstić information content (AvgIpc) is 3.41. The molecule has 0 saturated carbocycles. The molecule has 4 nitrogen and oxygen atoms in total. The number of benzene rings is 1. The third-order valence-corrected chi connectivity index (χ3v) is 7.45. The summed E-state index contributed by atoms with van der Waals surface area (Å²) in [5.41, 5.74) is 3.57. The second-order valence-corrected chi connectivity index (χ2v) is 11.1. The van der Waals surface area contributed by atoms with Crippen molar-refractivity contribution in [1.29, 1.82) is 0 Å². The van der Waals surface area contributed by atoms with Crippen LogP contribution in [-0.4, -0.2) is 35.6 Å². The van der Waals surface area contributed by atoms with Gasteiger partial charge in [0, 0.05) is 24.1 Å². The van der Waals surface area contributed by atoms with Crippen LogP contribution in [0.2, 0.25) is 0 Å². The fourth-order valence-corrected chi connectivity index (χ4v) is 5.13. The van der Waals surface area contributed by atoms with E-state index in [0.717, 1.165) is 68.2 Å². The lowest BCUT2D eigenvalue weighted by molar-refractivity contribution is -0.144. The van der Waals surface area contributed by atoms with Crippen LogP contribution in [-0.2, 0) is 11.2 Å². The number of allylic oxidation sites excluding steroid dienone is 3. The molecule has 2 unspecified atom stereocenters. The normalized spacial score (nSPS) is 24.8. The molecule has 0 spiro atoms. The van der Waals surface area contributed by atoms with Gasteiger partial charge in [-0.3, -0.25) is 4.79 Å². The van der Waals surface area contributed by atoms with Crippen molar-refractivity contribution in [1.82, 2.24) is 4.90 Å². The molecule has 0 amide bonds. The van der Waals surface area contributed by atoms with E-state index in [9.17, 15) is 9.90 Å². The fourth-order valence-electron chi connectivity index (χ4n) is 5.13. The van der Waals surface area contributed by atoms with Crippen LogP contribution in [0.5, 0.6) is 11.5 Å². The molecule has 1 N–H and O–H groups in total. The van der Waals surface area contributed by atoms with Crippen molar-refractivity contribution in [3.63, 3.8) is 0 Å². The van der Waals surface area contributed by atoms with Gasteiger partial charge in [-0.2, -0.15) is 0 Å². The highest BCUT2D eigenvalue weighted by Gasteiger charge is 2.41. The van der Waals surface area contributed by atoms with E-state index in [-0.39, 0.29) is 23.6 Å². The number of esters is 1. The molecule has 3 rings (SSSR count). The molecule has 33 heavy (non-hydrogen) atoms. The Labute approximate surface area is 200 Å². The van der Waals surface area contributed by atoms with Crippen LogP contribution in [0.1, 0.15) is 90.2 Å². The molecule has 0 aromatic heterocycles. The maximum atomic E-state index is 13.3. The van der Waals surface area contributed by atoms with E-state index in [0.29, 0.717) is 11.8 Å². The molecule has 1 aromatic rings. The number of hydrogen-bond acceptors (Lipinski definition) is 4. The smallest absolute Gasteiger partial charge is 0.316 e. The third-order valence-electron chi connectivity index (χ3n) is 7.45. The van der Waals surface area contributed by atoms with Crippen molar-refractivity contribution >= 4 is 5.97 Å². The highest BCUT2D eigenvalue weighted by atomic mass is 16.5. The summed E-state index contributed by atoms with van der Waals surface area (Å²) in [7, 11) is 2.08. The Kier molecular flexibility index (Phi) is 8.10. The van der Waals surface area contributed by atoms with Gasteiger partial charge in [0.15, 0.2) is 0 Å². The zero-order valence-corrected chi connectivity index (χ0v) is 21.5. The summed E-state index contributed by atoms with van der Waals surface area (Å²) in [6.45, 7) is 15.6. The van der Waals surface area contributed by atoms with E-state index in [1.54, 1.807) is 0 Å². The molecule has 1 aliphatic heterocycles. The first-order valence-electron chi connectivity index (χ1n) is 12.6. The highest BCUT2D eigenvalue weighted by Crippen LogP contribution is 2.47. The number of carbonyl (C=O) groups is 1. The standard InChI is InChI=1S/C29H43NO3/c1-8-9-10-11-21-15-25(31)27(24-14-20(4)12-13-23(24)19(2)3)26(16-21)33-28(32)29(5,6)17-22-18-30(22)7/h14-16,22-24,31H,2,8-13,17-18H2,1,3-7H3/t22?,23-,24+,30?/m0/s1. The minimum atomic E-state index is -0.591. The second-order valence-electron chi connectivity index (χ2n) is 11.1. The zero-order valence-electron chi connectivity index (χ0n) is 21.5. The van der Waals surface area contributed by atoms with Gasteiger partial charge in [0.2, 0.25) is 0 Å². The lowest BCUT2D eigenvalue weighted by Gasteiger charge is -2.32. The topological polar surface area (TPSA) is 49.5 Å². The minimum absolute atomic E-state index is 0.0404. The van der Waals surface area contributed by atoms with E-state index >= 15 is 0 Å². The first kappa shape index (κ1) is 25.6. The number of carbonyl (C=O) groups excluding carboxylic acids is 1. The number of aromatic hydroxyl groups is 1. The third kappa shape index (κ3) is 6.29. The van der Waals surface area contributed by atoms with Gasteiger partial charge in [-0.05, 0) is 90.5 Å². The van der Waals surface area contributed by atoms with Crippen LogP contribution < -0.4 is 4.74 Å². The number of nitrogens with zero attached hydrogens (tertiary/aromatic N) is 1. The molecular formula is C29H43NO3. The lowest BCUT2D eigenvalue weighted by Crippen LogP contribution is -2.31. The van der Waals surface area contributed by atoms with Crippen molar-refractivity contribution < 1.29 is 14.6 Å². The SMILES string of the molecule is C=C(C)[C@@H]1CCC(C)=C[C@H]1c1c(O)cc(CCCCC)cc1OC(=O)C(C)(C)CC1CN1C. The van der Waals surface area contributed by atoms with Gasteiger partial charge in [0.1, 0.15) is 11.5 Å². The molecule has 2 aliphatic rings. The Morgan fingerprint density at radius 1 is 1.30 bits per heavy atom. The minimum Gasteiger partial charge on any atom is -0.507 e. The molecule has 1 fully saturated rings. The van der Waals surface area contributed by atoms with Crippen molar-refractivity contribution in [3.8, 4) is 11.5 Å². The van der Waals surface area contributed by atoms with Crippen LogP contribution in [0.4, 0.5) is 0 Å². The Morgan fingerprint density at radius 2 is 2.00 bits per heavy atom. The summed E-state index contributed by atoms with van der Waals surface area (Å²) in [5.74, 6) is 0.703. The Bertz CT molecular complexity index is 914. The molecular weight excluding hydrogens is 410 g/mol. The first-order valence-corrected chi connectivity index (χ1v) is 12.6. The van der Waals surface area contributed by atoms with Crippen molar-refractivity contribution in [3.05, 3.63) is 47.1 Å². The van der Waals surface area contributed by atoms with Gasteiger partial charge in [0.25, 0.3) is 0 Å². The van der Waals surface area contributed by atoms with Gasteiger partial charge in [-0.1, -0.05) is 43.6 Å². The van der Waals surface area contributed by atoms with Crippen molar-refractivity contribution in [2.24, 2.45) is 11.3 Å². The monoisotopic (exact) mass is 453 g/mol. The van der Waals surface area contributed by atoms with Gasteiger partial charge in [-0.25, -0.2) is 0 Å². The summed E-state index contributed by atoms with van der Waals surface area (Å²) in [5, 5.41) is 11.2. The molecule has 1 heterocycles. The second kappa shape index (κ2) is 10.5. The summed E-state index contributed by atoms with van der Waals surface area (Å²) in [6.07, 6.45) is 9.23. The zero-order chi connectivity index (χ0) is 24.3. The fraction of sp³-hybridized carbons (Fsp3) is 0.621. The van der Waals surface area contributed by atoms with E-state index < -0.39 is 5.41 Å². The van der Waals surface area contributed by atoms with Crippen LogP contribution >= 0.6 is 0 Å². The molecule has 4 heteroatoms. The summed E-state index contributed by atoms with van der Waals surface area (Å²) >= 11 is 0. The molecule has 1 aliphatic carbocycles. The quantitative estimate of drug-likeness (QED) is 0.139. The van der Waals surface area contributed by atoms with E-state index in [2.05, 4.69) is 45.4 Å². The van der Waals surface area contributed by atoms with Crippen molar-refractivity contribution in [2.45, 2.75) is 91.5 Å². The van der Waals surface area contributed by atoms with Gasteiger partial charge < -0.3 is 14.7 Å². The summed E-state index contributed by atoms with van der Waals surface area (Å²) in [6, 6.07) is 4.31. The van der Waals surface area contributed by atoms with E-state index in [4.69, 9.17) is 4.74 Å². The largest absolute Gasteiger partial charge is 0.507 e. The lowest BCUT2D eigenvalue weighted by atomic mass is 9.73. The Hall–Kier alpha value is -2.07. The van der Waals surface area contributed by atoms with E-state index in [1.807, 2.05) is 26.0 Å². The number of unbranched alkanes of at least 4 members (excludes halogenated alkanes) is 2. The Morgan fingerprint density at radius 3 is 2.61 bits per heavy atom. The number of hydrogen-bond donors (Lipinski definition) is 1. The van der Waals surface area contributed by atoms with Crippen LogP contribution in [0.25, 0.3) is 0 Å². The average molecular weight is 454 g/mol. The van der Waals surface area contributed by atoms with Crippen LogP contribution in [0.3, 0.4) is 0 Å². The molecule has 1 aromatic carbocycles. The maximum Gasteiger partial charge on any atom is 0.316 e. The number of likely N-dealkylation sites (N-methyl/N-ethyl adjacent to an activating group) is 1. The first-order chi connectivity index (χ1) is 15.5. The molecule has 0 bridgehead atoms.